The van der Waals surface area contributed by atoms with Gasteiger partial charge in [-0.3, -0.25) is 9.59 Å². The molecule has 1 fully saturated rings. The summed E-state index contributed by atoms with van der Waals surface area (Å²) in [5.41, 5.74) is 1.91. The number of carbonyl (C=O) groups excluding carboxylic acids is 2. The number of hydrogen-bond donors (Lipinski definition) is 2. The van der Waals surface area contributed by atoms with Gasteiger partial charge in [-0.2, -0.15) is 4.98 Å². The van der Waals surface area contributed by atoms with E-state index in [0.29, 0.717) is 54.0 Å². The Bertz CT molecular complexity index is 1120. The lowest BCUT2D eigenvalue weighted by Crippen LogP contribution is -2.44. The zero-order valence-electron chi connectivity index (χ0n) is 22.6. The normalized spacial score (nSPS) is 17.0. The lowest BCUT2D eigenvalue weighted by molar-refractivity contribution is -0.118. The molecule has 0 bridgehead atoms. The lowest BCUT2D eigenvalue weighted by Gasteiger charge is -2.31. The number of carbonyl (C=O) groups is 2. The van der Waals surface area contributed by atoms with E-state index >= 15 is 0 Å². The Labute approximate surface area is 219 Å². The molecule has 0 atom stereocenters. The second-order valence-corrected chi connectivity index (χ2v) is 9.84. The molecular formula is C27H39N7O3. The van der Waals surface area contributed by atoms with E-state index in [9.17, 15) is 9.59 Å². The van der Waals surface area contributed by atoms with Gasteiger partial charge in [-0.15, -0.1) is 0 Å². The molecule has 2 aliphatic heterocycles. The number of rotatable bonds is 8. The number of nitrogens with zero attached hydrogens (tertiary/aromatic N) is 5. The average molecular weight is 510 g/mol. The van der Waals surface area contributed by atoms with Crippen LogP contribution in [0.2, 0.25) is 0 Å². The Kier molecular flexibility index (Phi) is 8.48. The van der Waals surface area contributed by atoms with Crippen LogP contribution in [0.15, 0.2) is 24.4 Å². The van der Waals surface area contributed by atoms with Gasteiger partial charge in [0, 0.05) is 50.7 Å². The first kappa shape index (κ1) is 26.7. The van der Waals surface area contributed by atoms with Gasteiger partial charge in [0.25, 0.3) is 5.91 Å². The van der Waals surface area contributed by atoms with Gasteiger partial charge in [0.1, 0.15) is 11.4 Å². The predicted octanol–water partition coefficient (Wildman–Crippen LogP) is 3.41. The highest BCUT2D eigenvalue weighted by Crippen LogP contribution is 2.34. The third kappa shape index (κ3) is 6.12. The molecule has 3 heterocycles. The van der Waals surface area contributed by atoms with E-state index in [1.54, 1.807) is 30.3 Å². The Morgan fingerprint density at radius 3 is 2.62 bits per heavy atom. The number of fused-ring (bicyclic) bond motifs is 1. The molecule has 1 aromatic carbocycles. The fourth-order valence-corrected chi connectivity index (χ4v) is 4.83. The number of hydrogen-bond acceptors (Lipinski definition) is 8. The quantitative estimate of drug-likeness (QED) is 0.558. The summed E-state index contributed by atoms with van der Waals surface area (Å²) in [4.78, 5) is 40.8. The summed E-state index contributed by atoms with van der Waals surface area (Å²) in [5, 5.41) is 6.44. The third-order valence-corrected chi connectivity index (χ3v) is 7.11. The van der Waals surface area contributed by atoms with Crippen LogP contribution in [-0.2, 0) is 4.79 Å². The lowest BCUT2D eigenvalue weighted by atomic mass is 10.0. The number of anilines is 4. The molecule has 10 nitrogen and oxygen atoms in total. The second-order valence-electron chi connectivity index (χ2n) is 9.84. The molecular weight excluding hydrogens is 470 g/mol. The van der Waals surface area contributed by atoms with E-state index in [-0.39, 0.29) is 23.9 Å². The van der Waals surface area contributed by atoms with Gasteiger partial charge in [0.05, 0.1) is 18.5 Å². The summed E-state index contributed by atoms with van der Waals surface area (Å²) < 4.78 is 5.87. The van der Waals surface area contributed by atoms with Crippen LogP contribution in [0.25, 0.3) is 0 Å². The van der Waals surface area contributed by atoms with Crippen LogP contribution in [0.5, 0.6) is 5.75 Å². The van der Waals surface area contributed by atoms with Crippen LogP contribution in [-0.4, -0.2) is 78.6 Å². The van der Waals surface area contributed by atoms with E-state index in [1.807, 2.05) is 13.0 Å². The maximum Gasteiger partial charge on any atom is 0.251 e. The molecule has 0 saturated carbocycles. The number of benzene rings is 1. The summed E-state index contributed by atoms with van der Waals surface area (Å²) >= 11 is 0. The maximum atomic E-state index is 13.0. The molecule has 0 spiro atoms. The van der Waals surface area contributed by atoms with Crippen molar-refractivity contribution in [3.8, 4) is 5.75 Å². The van der Waals surface area contributed by atoms with Gasteiger partial charge in [-0.1, -0.05) is 6.92 Å². The van der Waals surface area contributed by atoms with Crippen molar-refractivity contribution in [1.29, 1.82) is 0 Å². The number of amides is 2. The van der Waals surface area contributed by atoms with Crippen molar-refractivity contribution in [2.75, 3.05) is 55.0 Å². The molecule has 200 valence electrons. The highest BCUT2D eigenvalue weighted by Gasteiger charge is 2.27. The monoisotopic (exact) mass is 509 g/mol. The SMILES string of the molecule is CCOc1cc(C(=O)NC2CCN(CC)CC2)ccc1Nc1ncc2c(n1)N(C(C)C)CCC(=O)N2C. The largest absolute Gasteiger partial charge is 0.492 e. The molecule has 2 amide bonds. The summed E-state index contributed by atoms with van der Waals surface area (Å²) in [7, 11) is 1.76. The first-order valence-corrected chi connectivity index (χ1v) is 13.3. The van der Waals surface area contributed by atoms with Crippen molar-refractivity contribution in [1.82, 2.24) is 20.2 Å². The smallest absolute Gasteiger partial charge is 0.251 e. The summed E-state index contributed by atoms with van der Waals surface area (Å²) in [5.74, 6) is 1.61. The predicted molar refractivity (Wildman–Crippen MR) is 146 cm³/mol. The van der Waals surface area contributed by atoms with E-state index in [4.69, 9.17) is 9.72 Å². The number of aromatic nitrogens is 2. The average Bonchev–Trinajstić information content (AvgIpc) is 3.01. The minimum atomic E-state index is -0.0935. The Hall–Kier alpha value is -3.40. The second kappa shape index (κ2) is 11.8. The van der Waals surface area contributed by atoms with Crippen LogP contribution >= 0.6 is 0 Å². The molecule has 2 aliphatic rings. The molecule has 0 aliphatic carbocycles. The first-order chi connectivity index (χ1) is 17.8. The van der Waals surface area contributed by atoms with E-state index in [2.05, 4.69) is 46.2 Å². The molecule has 10 heteroatoms. The van der Waals surface area contributed by atoms with Crippen molar-refractivity contribution < 1.29 is 14.3 Å². The van der Waals surface area contributed by atoms with Gasteiger partial charge in [0.2, 0.25) is 11.9 Å². The topological polar surface area (TPSA) is 103 Å². The summed E-state index contributed by atoms with van der Waals surface area (Å²) in [6.07, 6.45) is 4.02. The fraction of sp³-hybridized carbons (Fsp3) is 0.556. The van der Waals surface area contributed by atoms with E-state index in [1.165, 1.54) is 0 Å². The zero-order chi connectivity index (χ0) is 26.5. The molecule has 2 aromatic rings. The number of nitrogens with one attached hydrogen (secondary N) is 2. The third-order valence-electron chi connectivity index (χ3n) is 7.11. The van der Waals surface area contributed by atoms with Gasteiger partial charge < -0.3 is 30.1 Å². The maximum absolute atomic E-state index is 13.0. The van der Waals surface area contributed by atoms with Crippen LogP contribution in [0, 0.1) is 0 Å². The van der Waals surface area contributed by atoms with Crippen LogP contribution in [0.3, 0.4) is 0 Å². The molecule has 1 aromatic heterocycles. The molecule has 2 N–H and O–H groups in total. The van der Waals surface area contributed by atoms with Crippen molar-refractivity contribution in [3.05, 3.63) is 30.0 Å². The summed E-state index contributed by atoms with van der Waals surface area (Å²) in [6, 6.07) is 5.73. The first-order valence-electron chi connectivity index (χ1n) is 13.3. The fourth-order valence-electron chi connectivity index (χ4n) is 4.83. The molecule has 0 unspecified atom stereocenters. The minimum Gasteiger partial charge on any atom is -0.492 e. The minimum absolute atomic E-state index is 0.0390. The van der Waals surface area contributed by atoms with Crippen molar-refractivity contribution in [2.24, 2.45) is 0 Å². The highest BCUT2D eigenvalue weighted by atomic mass is 16.5. The highest BCUT2D eigenvalue weighted by molar-refractivity contribution is 5.97. The van der Waals surface area contributed by atoms with Crippen LogP contribution in [0.1, 0.15) is 57.3 Å². The van der Waals surface area contributed by atoms with Gasteiger partial charge >= 0.3 is 0 Å². The standard InChI is InChI=1S/C27H39N7O3/c1-6-33-13-10-20(11-14-33)29-26(36)19-8-9-21(23(16-19)37-7-2)30-27-28-17-22-25(31-27)34(18(3)4)15-12-24(35)32(22)5/h8-9,16-18,20H,6-7,10-15H2,1-5H3,(H,29,36)(H,28,30,31). The molecule has 0 radical (unpaired) electrons. The number of likely N-dealkylation sites (tertiary alicyclic amines) is 1. The Balaban J connectivity index is 1.54. The number of piperidine rings is 1. The Morgan fingerprint density at radius 2 is 1.95 bits per heavy atom. The van der Waals surface area contributed by atoms with E-state index in [0.717, 1.165) is 32.5 Å². The Morgan fingerprint density at radius 1 is 1.19 bits per heavy atom. The van der Waals surface area contributed by atoms with Crippen molar-refractivity contribution in [3.63, 3.8) is 0 Å². The van der Waals surface area contributed by atoms with Gasteiger partial charge in [-0.05, 0) is 58.4 Å². The van der Waals surface area contributed by atoms with E-state index < -0.39 is 0 Å². The van der Waals surface area contributed by atoms with Gasteiger partial charge in [0.15, 0.2) is 5.82 Å². The zero-order valence-corrected chi connectivity index (χ0v) is 22.6. The van der Waals surface area contributed by atoms with Crippen molar-refractivity contribution >= 4 is 35.0 Å². The van der Waals surface area contributed by atoms with Crippen molar-refractivity contribution in [2.45, 2.75) is 59.0 Å². The van der Waals surface area contributed by atoms with Crippen LogP contribution in [0.4, 0.5) is 23.1 Å². The van der Waals surface area contributed by atoms with Gasteiger partial charge in [-0.25, -0.2) is 4.98 Å². The van der Waals surface area contributed by atoms with Crippen LogP contribution < -0.4 is 25.2 Å². The molecule has 37 heavy (non-hydrogen) atoms. The number of ether oxygens (including phenoxy) is 1. The summed E-state index contributed by atoms with van der Waals surface area (Å²) in [6.45, 7) is 12.3. The molecule has 1 saturated heterocycles. The molecule has 4 rings (SSSR count).